The maximum Gasteiger partial charge on any atom is 0.257 e. The number of amides is 1. The number of benzene rings is 1. The smallest absolute Gasteiger partial charge is 0.257 e. The number of carbonyl (C=O) groups is 1. The summed E-state index contributed by atoms with van der Waals surface area (Å²) in [6.07, 6.45) is 0. The Bertz CT molecular complexity index is 1030. The highest BCUT2D eigenvalue weighted by atomic mass is 16.1. The van der Waals surface area contributed by atoms with E-state index in [2.05, 4.69) is 44.3 Å². The topological polar surface area (TPSA) is 66.3 Å². The SMILES string of the molecule is CCN1CCN(c2ccc(NC(=O)c3cc4c(C)nn(C)c4nc3C)cc2)CC1. The number of fused-ring (bicyclic) bond motifs is 1. The van der Waals surface area contributed by atoms with Gasteiger partial charge in [-0.1, -0.05) is 6.92 Å². The molecular formula is C22H28N6O. The van der Waals surface area contributed by atoms with Gasteiger partial charge in [0.25, 0.3) is 5.91 Å². The Kier molecular flexibility index (Phi) is 5.24. The number of likely N-dealkylation sites (N-methyl/N-ethyl adjacent to an activating group) is 1. The van der Waals surface area contributed by atoms with E-state index in [4.69, 9.17) is 0 Å². The summed E-state index contributed by atoms with van der Waals surface area (Å²) in [7, 11) is 1.87. The molecule has 1 aliphatic heterocycles. The van der Waals surface area contributed by atoms with E-state index >= 15 is 0 Å². The number of pyridine rings is 1. The lowest BCUT2D eigenvalue weighted by molar-refractivity contribution is 0.102. The summed E-state index contributed by atoms with van der Waals surface area (Å²) in [5.41, 5.74) is 4.93. The molecule has 2 aromatic heterocycles. The number of nitrogens with zero attached hydrogens (tertiary/aromatic N) is 5. The quantitative estimate of drug-likeness (QED) is 0.739. The molecular weight excluding hydrogens is 364 g/mol. The highest BCUT2D eigenvalue weighted by Gasteiger charge is 2.17. The molecule has 4 rings (SSSR count). The van der Waals surface area contributed by atoms with Crippen LogP contribution in [0.15, 0.2) is 30.3 Å². The van der Waals surface area contributed by atoms with Crippen molar-refractivity contribution < 1.29 is 4.79 Å². The van der Waals surface area contributed by atoms with E-state index in [1.165, 1.54) is 5.69 Å². The van der Waals surface area contributed by atoms with E-state index in [9.17, 15) is 4.79 Å². The van der Waals surface area contributed by atoms with E-state index in [1.807, 2.05) is 39.1 Å². The van der Waals surface area contributed by atoms with Crippen LogP contribution in [-0.2, 0) is 7.05 Å². The highest BCUT2D eigenvalue weighted by Crippen LogP contribution is 2.22. The highest BCUT2D eigenvalue weighted by molar-refractivity contribution is 6.06. The van der Waals surface area contributed by atoms with Crippen molar-refractivity contribution in [1.82, 2.24) is 19.7 Å². The van der Waals surface area contributed by atoms with Crippen LogP contribution in [0.2, 0.25) is 0 Å². The molecule has 0 aliphatic carbocycles. The largest absolute Gasteiger partial charge is 0.369 e. The fourth-order valence-corrected chi connectivity index (χ4v) is 3.94. The Balaban J connectivity index is 1.48. The van der Waals surface area contributed by atoms with Gasteiger partial charge in [-0.05, 0) is 50.7 Å². The van der Waals surface area contributed by atoms with Gasteiger partial charge >= 0.3 is 0 Å². The summed E-state index contributed by atoms with van der Waals surface area (Å²) in [5.74, 6) is -0.149. The Morgan fingerprint density at radius 2 is 1.76 bits per heavy atom. The Hall–Kier alpha value is -2.93. The van der Waals surface area contributed by atoms with Gasteiger partial charge in [0.15, 0.2) is 5.65 Å². The van der Waals surface area contributed by atoms with Gasteiger partial charge in [0, 0.05) is 50.0 Å². The molecule has 152 valence electrons. The molecule has 0 saturated carbocycles. The molecule has 1 fully saturated rings. The number of hydrogen-bond acceptors (Lipinski definition) is 5. The molecule has 1 aromatic carbocycles. The van der Waals surface area contributed by atoms with Crippen LogP contribution < -0.4 is 10.2 Å². The minimum atomic E-state index is -0.149. The van der Waals surface area contributed by atoms with Crippen molar-refractivity contribution in [2.75, 3.05) is 42.9 Å². The molecule has 0 spiro atoms. The first-order valence-corrected chi connectivity index (χ1v) is 10.2. The number of anilines is 2. The van der Waals surface area contributed by atoms with Crippen molar-refractivity contribution >= 4 is 28.3 Å². The summed E-state index contributed by atoms with van der Waals surface area (Å²) in [6.45, 7) is 11.4. The van der Waals surface area contributed by atoms with Crippen LogP contribution in [0.5, 0.6) is 0 Å². The normalized spacial score (nSPS) is 15.1. The maximum absolute atomic E-state index is 12.9. The molecule has 1 aliphatic rings. The zero-order valence-electron chi connectivity index (χ0n) is 17.6. The third kappa shape index (κ3) is 3.82. The van der Waals surface area contributed by atoms with Crippen LogP contribution in [0.25, 0.3) is 11.0 Å². The van der Waals surface area contributed by atoms with Gasteiger partial charge in [-0.25, -0.2) is 4.98 Å². The van der Waals surface area contributed by atoms with Crippen LogP contribution in [0, 0.1) is 13.8 Å². The number of rotatable bonds is 4. The van der Waals surface area contributed by atoms with Crippen molar-refractivity contribution in [1.29, 1.82) is 0 Å². The molecule has 0 unspecified atom stereocenters. The van der Waals surface area contributed by atoms with Crippen LogP contribution in [0.1, 0.15) is 28.7 Å². The first kappa shape index (κ1) is 19.4. The number of aryl methyl sites for hydroxylation is 3. The molecule has 1 saturated heterocycles. The lowest BCUT2D eigenvalue weighted by atomic mass is 10.1. The molecule has 1 N–H and O–H groups in total. The fraction of sp³-hybridized carbons (Fsp3) is 0.409. The zero-order valence-corrected chi connectivity index (χ0v) is 17.6. The molecule has 3 heterocycles. The van der Waals surface area contributed by atoms with Gasteiger partial charge in [-0.15, -0.1) is 0 Å². The Morgan fingerprint density at radius 3 is 2.41 bits per heavy atom. The Morgan fingerprint density at radius 1 is 1.07 bits per heavy atom. The summed E-state index contributed by atoms with van der Waals surface area (Å²) in [6, 6.07) is 9.98. The van der Waals surface area contributed by atoms with E-state index in [0.29, 0.717) is 11.3 Å². The standard InChI is InChI=1S/C22H28N6O/c1-5-27-10-12-28(13-11-27)18-8-6-17(7-9-18)24-22(29)20-14-19-16(3)25-26(4)21(19)23-15(20)2/h6-9,14H,5,10-13H2,1-4H3,(H,24,29). The third-order valence-corrected chi connectivity index (χ3v) is 5.74. The van der Waals surface area contributed by atoms with Crippen LogP contribution in [0.4, 0.5) is 11.4 Å². The van der Waals surface area contributed by atoms with E-state index in [0.717, 1.165) is 55.1 Å². The van der Waals surface area contributed by atoms with Gasteiger partial charge < -0.3 is 15.1 Å². The van der Waals surface area contributed by atoms with Gasteiger partial charge in [-0.3, -0.25) is 9.48 Å². The average Bonchev–Trinajstić information content (AvgIpc) is 3.00. The zero-order chi connectivity index (χ0) is 20.5. The van der Waals surface area contributed by atoms with Crippen molar-refractivity contribution in [2.45, 2.75) is 20.8 Å². The number of hydrogen-bond donors (Lipinski definition) is 1. The summed E-state index contributed by atoms with van der Waals surface area (Å²) in [4.78, 5) is 22.3. The van der Waals surface area contributed by atoms with Crippen LogP contribution in [-0.4, -0.2) is 58.3 Å². The number of nitrogens with one attached hydrogen (secondary N) is 1. The molecule has 29 heavy (non-hydrogen) atoms. The van der Waals surface area contributed by atoms with Crippen LogP contribution in [0.3, 0.4) is 0 Å². The molecule has 0 radical (unpaired) electrons. The number of piperazine rings is 1. The molecule has 1 amide bonds. The Labute approximate surface area is 171 Å². The number of carbonyl (C=O) groups excluding carboxylic acids is 1. The predicted octanol–water partition coefficient (Wildman–Crippen LogP) is 2.98. The van der Waals surface area contributed by atoms with E-state index < -0.39 is 0 Å². The van der Waals surface area contributed by atoms with Gasteiger partial charge in [-0.2, -0.15) is 5.10 Å². The molecule has 0 atom stereocenters. The van der Waals surface area contributed by atoms with Crippen molar-refractivity contribution in [3.8, 4) is 0 Å². The average molecular weight is 393 g/mol. The van der Waals surface area contributed by atoms with Gasteiger partial charge in [0.1, 0.15) is 0 Å². The lowest BCUT2D eigenvalue weighted by Crippen LogP contribution is -2.46. The summed E-state index contributed by atoms with van der Waals surface area (Å²) >= 11 is 0. The fourth-order valence-electron chi connectivity index (χ4n) is 3.94. The second-order valence-corrected chi connectivity index (χ2v) is 7.62. The summed E-state index contributed by atoms with van der Waals surface area (Å²) < 4.78 is 1.75. The van der Waals surface area contributed by atoms with E-state index in [-0.39, 0.29) is 5.91 Å². The van der Waals surface area contributed by atoms with Crippen molar-refractivity contribution in [3.63, 3.8) is 0 Å². The maximum atomic E-state index is 12.9. The first-order valence-electron chi connectivity index (χ1n) is 10.2. The molecule has 0 bridgehead atoms. The van der Waals surface area contributed by atoms with Crippen molar-refractivity contribution in [3.05, 3.63) is 47.3 Å². The molecule has 7 heteroatoms. The third-order valence-electron chi connectivity index (χ3n) is 5.74. The van der Waals surface area contributed by atoms with E-state index in [1.54, 1.807) is 4.68 Å². The monoisotopic (exact) mass is 392 g/mol. The number of aromatic nitrogens is 3. The molecule has 7 nitrogen and oxygen atoms in total. The summed E-state index contributed by atoms with van der Waals surface area (Å²) in [5, 5.41) is 8.31. The van der Waals surface area contributed by atoms with Gasteiger partial charge in [0.2, 0.25) is 0 Å². The first-order chi connectivity index (χ1) is 14.0. The molecule has 3 aromatic rings. The predicted molar refractivity (Wildman–Crippen MR) is 117 cm³/mol. The second-order valence-electron chi connectivity index (χ2n) is 7.62. The lowest BCUT2D eigenvalue weighted by Gasteiger charge is -2.35. The second kappa shape index (κ2) is 7.83. The van der Waals surface area contributed by atoms with Crippen LogP contribution >= 0.6 is 0 Å². The minimum Gasteiger partial charge on any atom is -0.369 e. The minimum absolute atomic E-state index is 0.149. The van der Waals surface area contributed by atoms with Gasteiger partial charge in [0.05, 0.1) is 17.0 Å². The van der Waals surface area contributed by atoms with Crippen molar-refractivity contribution in [2.24, 2.45) is 7.05 Å².